The van der Waals surface area contributed by atoms with Gasteiger partial charge in [0, 0.05) is 14.6 Å². The highest BCUT2D eigenvalue weighted by atomic mass is 127. The van der Waals surface area contributed by atoms with Crippen LogP contribution in [0.2, 0.25) is 0 Å². The molecule has 2 heterocycles. The van der Waals surface area contributed by atoms with Crippen molar-refractivity contribution in [3.63, 3.8) is 0 Å². The van der Waals surface area contributed by atoms with E-state index in [-0.39, 0.29) is 17.5 Å². The zero-order chi connectivity index (χ0) is 26.7. The van der Waals surface area contributed by atoms with Gasteiger partial charge in [0.1, 0.15) is 12.4 Å². The lowest BCUT2D eigenvalue weighted by Crippen LogP contribution is -2.35. The predicted octanol–water partition coefficient (Wildman–Crippen LogP) is 5.73. The molecule has 2 aliphatic rings. The van der Waals surface area contributed by atoms with E-state index in [1.165, 1.54) is 17.0 Å². The van der Waals surface area contributed by atoms with Crippen molar-refractivity contribution in [3.8, 4) is 5.75 Å². The van der Waals surface area contributed by atoms with E-state index in [0.29, 0.717) is 22.7 Å². The third kappa shape index (κ3) is 5.76. The fourth-order valence-corrected chi connectivity index (χ4v) is 9.01. The van der Waals surface area contributed by atoms with E-state index >= 15 is 0 Å². The molecule has 7 nitrogen and oxygen atoms in total. The number of benzene rings is 2. The molecule has 0 saturated carbocycles. The molecule has 0 saturated heterocycles. The number of fused-ring (bicyclic) bond motifs is 1. The van der Waals surface area contributed by atoms with Crippen molar-refractivity contribution in [1.82, 2.24) is 4.98 Å². The molecule has 5 rings (SSSR count). The minimum Gasteiger partial charge on any atom is -0.487 e. The molecule has 1 aliphatic carbocycles. The molecule has 10 heteroatoms. The van der Waals surface area contributed by atoms with Crippen molar-refractivity contribution in [2.45, 2.75) is 37.1 Å². The highest BCUT2D eigenvalue weighted by Gasteiger charge is 2.32. The third-order valence-electron chi connectivity index (χ3n) is 6.28. The number of hydrogen-bond acceptors (Lipinski definition) is 7. The number of aryl methyl sites for hydroxylation is 3. The number of methoxy groups -OCH3 is 1. The lowest BCUT2D eigenvalue weighted by molar-refractivity contribution is 0.0600. The van der Waals surface area contributed by atoms with Gasteiger partial charge in [0.2, 0.25) is 4.34 Å². The second kappa shape index (κ2) is 11.5. The van der Waals surface area contributed by atoms with Crippen LogP contribution in [-0.4, -0.2) is 36.5 Å². The van der Waals surface area contributed by atoms with Crippen molar-refractivity contribution >= 4 is 57.3 Å². The van der Waals surface area contributed by atoms with Crippen LogP contribution in [0.15, 0.2) is 68.4 Å². The van der Waals surface area contributed by atoms with Crippen molar-refractivity contribution in [3.05, 3.63) is 92.0 Å². The number of rotatable bonds is 9. The van der Waals surface area contributed by atoms with Crippen LogP contribution in [-0.2, 0) is 34.2 Å². The van der Waals surface area contributed by atoms with E-state index in [2.05, 4.69) is 9.07 Å². The minimum absolute atomic E-state index is 0.0778. The molecule has 3 aromatic rings. The molecule has 0 unspecified atom stereocenters. The van der Waals surface area contributed by atoms with Crippen molar-refractivity contribution in [2.24, 2.45) is 0 Å². The molecule has 2 aromatic carbocycles. The van der Waals surface area contributed by atoms with Gasteiger partial charge in [0.25, 0.3) is 10.0 Å². The summed E-state index contributed by atoms with van der Waals surface area (Å²) in [5, 5.41) is 1.76. The number of esters is 1. The van der Waals surface area contributed by atoms with Crippen LogP contribution in [0.5, 0.6) is 5.75 Å². The second-order valence-corrected chi connectivity index (χ2v) is 14.5. The maximum Gasteiger partial charge on any atom is 0.337 e. The molecule has 0 bridgehead atoms. The van der Waals surface area contributed by atoms with E-state index < -0.39 is 36.7 Å². The maximum absolute atomic E-state index is 14.0. The lowest BCUT2D eigenvalue weighted by Gasteiger charge is -2.27. The Bertz CT molecular complexity index is 1560. The van der Waals surface area contributed by atoms with Crippen LogP contribution in [0.25, 0.3) is 0 Å². The van der Waals surface area contributed by atoms with E-state index in [1.54, 1.807) is 24.4 Å². The fourth-order valence-electron chi connectivity index (χ4n) is 4.34. The Hall–Kier alpha value is -2.83. The number of thiazole rings is 1. The molecule has 0 fully saturated rings. The Morgan fingerprint density at radius 3 is 2.55 bits per heavy atom. The first kappa shape index (κ1) is 26.8. The summed E-state index contributed by atoms with van der Waals surface area (Å²) in [5.74, 6) is 0.122. The fraction of sp³-hybridized carbons (Fsp3) is 0.250. The van der Waals surface area contributed by atoms with E-state index in [9.17, 15) is 13.2 Å². The predicted molar refractivity (Wildman–Crippen MR) is 159 cm³/mol. The lowest BCUT2D eigenvalue weighted by atomic mass is 10.1. The Balaban J connectivity index is 1.53. The number of halogens is 1. The molecule has 0 spiro atoms. The third-order valence-corrected chi connectivity index (χ3v) is 11.7. The van der Waals surface area contributed by atoms with Gasteiger partial charge in [-0.05, 0) is 71.2 Å². The standard InChI is InChI=1S/C28H27IN2O5S2/c1-19-18-37-28(30-19)38(33,34)31(16-24-8-3-4-13-29-24)25-14-22-6-5-7-23(22)15-26(25)36-17-20-9-11-21(12-10-20)27(32)35-2/h3-4,8-15,18H,5-7,16-17H2,1-2H3. The first-order chi connectivity index (χ1) is 18.3. The Kier molecular flexibility index (Phi) is 8.10. The number of aromatic nitrogens is 1. The van der Waals surface area contributed by atoms with Gasteiger partial charge in [0.05, 0.1) is 24.9 Å². The highest BCUT2D eigenvalue weighted by Crippen LogP contribution is 2.39. The number of allylic oxidation sites excluding steroid dienone is 2. The molecule has 1 aromatic heterocycles. The van der Waals surface area contributed by atoms with Crippen molar-refractivity contribution < 1.29 is 22.7 Å². The summed E-state index contributed by atoms with van der Waals surface area (Å²) in [4.78, 5) is 16.1. The van der Waals surface area contributed by atoms with E-state index in [4.69, 9.17) is 9.47 Å². The minimum atomic E-state index is -3.93. The van der Waals surface area contributed by atoms with Gasteiger partial charge in [-0.25, -0.2) is 9.78 Å². The number of nitrogens with zero attached hydrogens (tertiary/aromatic N) is 2. The Morgan fingerprint density at radius 1 is 1.13 bits per heavy atom. The number of anilines is 1. The number of sulfonamides is 1. The molecule has 1 aliphatic heterocycles. The number of hydrogen-bond donors (Lipinski definition) is 0. The van der Waals surface area contributed by atoms with E-state index in [1.807, 2.05) is 42.5 Å². The largest absolute Gasteiger partial charge is 0.487 e. The van der Waals surface area contributed by atoms with Crippen LogP contribution in [0, 0.1) is 6.92 Å². The summed E-state index contributed by atoms with van der Waals surface area (Å²) >= 11 is 0.723. The first-order valence-corrected chi connectivity index (χ1v) is 16.7. The molecule has 198 valence electrons. The van der Waals surface area contributed by atoms with Crippen LogP contribution < -0.4 is 9.04 Å². The van der Waals surface area contributed by atoms with Crippen molar-refractivity contribution in [2.75, 3.05) is 18.0 Å². The van der Waals surface area contributed by atoms with Gasteiger partial charge >= 0.3 is 5.97 Å². The van der Waals surface area contributed by atoms with Crippen LogP contribution in [0.4, 0.5) is 5.69 Å². The van der Waals surface area contributed by atoms with Gasteiger partial charge < -0.3 is 9.47 Å². The molecule has 0 atom stereocenters. The molecular formula is C28H27IN2O5S2. The summed E-state index contributed by atoms with van der Waals surface area (Å²) in [6.45, 7) is 2.27. The summed E-state index contributed by atoms with van der Waals surface area (Å²) in [6.07, 6.45) is 8.86. The van der Waals surface area contributed by atoms with Crippen LogP contribution >= 0.6 is 32.1 Å². The smallest absolute Gasteiger partial charge is 0.337 e. The Labute approximate surface area is 236 Å². The normalized spacial score (nSPS) is 14.4. The second-order valence-electron chi connectivity index (χ2n) is 8.92. The zero-order valence-corrected chi connectivity index (χ0v) is 24.8. The summed E-state index contributed by atoms with van der Waals surface area (Å²) in [5.41, 5.74) is 4.87. The summed E-state index contributed by atoms with van der Waals surface area (Å²) < 4.78 is 43.9. The van der Waals surface area contributed by atoms with Crippen molar-refractivity contribution in [1.29, 1.82) is 0 Å². The Morgan fingerprint density at radius 2 is 1.89 bits per heavy atom. The molecule has 0 radical (unpaired) electrons. The molecule has 38 heavy (non-hydrogen) atoms. The molecule has 0 amide bonds. The average Bonchev–Trinajstić information content (AvgIpc) is 3.59. The highest BCUT2D eigenvalue weighted by molar-refractivity contribution is 14.2. The zero-order valence-electron chi connectivity index (χ0n) is 21.0. The number of carbonyl (C=O) groups is 1. The average molecular weight is 663 g/mol. The topological polar surface area (TPSA) is 85.8 Å². The number of carbonyl (C=O) groups excluding carboxylic acids is 1. The monoisotopic (exact) mass is 662 g/mol. The first-order valence-electron chi connectivity index (χ1n) is 12.1. The van der Waals surface area contributed by atoms with Gasteiger partial charge in [-0.2, -0.15) is 8.42 Å². The van der Waals surface area contributed by atoms with Crippen LogP contribution in [0.1, 0.15) is 39.2 Å². The van der Waals surface area contributed by atoms with Gasteiger partial charge in [-0.1, -0.05) is 51.1 Å². The summed E-state index contributed by atoms with van der Waals surface area (Å²) in [6, 6.07) is 11.0. The SMILES string of the molecule is COC(=O)c1ccc(COc2cc3c(cc2N(CC2=IC=CC=C2)S(=O)(=O)c2nc(C)cs2)CCC3)cc1. The van der Waals surface area contributed by atoms with Gasteiger partial charge in [0.15, 0.2) is 0 Å². The van der Waals surface area contributed by atoms with Gasteiger partial charge in [-0.3, -0.25) is 4.31 Å². The van der Waals surface area contributed by atoms with Gasteiger partial charge in [-0.15, -0.1) is 11.3 Å². The quantitative estimate of drug-likeness (QED) is 0.215. The maximum atomic E-state index is 14.0. The molecule has 0 N–H and O–H groups in total. The summed E-state index contributed by atoms with van der Waals surface area (Å²) in [7, 11) is -2.58. The number of ether oxygens (including phenoxy) is 2. The van der Waals surface area contributed by atoms with E-state index in [0.717, 1.165) is 45.2 Å². The van der Waals surface area contributed by atoms with Crippen LogP contribution in [0.3, 0.4) is 0 Å². The molecular weight excluding hydrogens is 635 g/mol.